The molecule has 1 unspecified atom stereocenters. The van der Waals surface area contributed by atoms with Crippen molar-refractivity contribution < 1.29 is 27.5 Å². The maximum absolute atomic E-state index is 12.7. The van der Waals surface area contributed by atoms with E-state index in [1.54, 1.807) is 0 Å². The van der Waals surface area contributed by atoms with Gasteiger partial charge in [-0.15, -0.1) is 0 Å². The molecule has 1 atom stereocenters. The van der Waals surface area contributed by atoms with Crippen molar-refractivity contribution in [3.8, 4) is 0 Å². The van der Waals surface area contributed by atoms with E-state index in [2.05, 4.69) is 5.06 Å². The molecule has 1 aliphatic heterocycles. The molecule has 5 fully saturated rings. The maximum atomic E-state index is 12.7. The molecular weight excluding hydrogens is 383 g/mol. The van der Waals surface area contributed by atoms with Crippen LogP contribution in [0.2, 0.25) is 0 Å². The molecule has 4 nitrogen and oxygen atoms in total. The molecule has 0 radical (unpaired) electrons. The SMILES string of the molecule is CN1OC(COC(=O)c2ccc(C(F)(F)F)cc2)CC12C1CC3CC(C1)CC2C3. The monoisotopic (exact) mass is 409 g/mol. The highest BCUT2D eigenvalue weighted by Crippen LogP contribution is 2.62. The lowest BCUT2D eigenvalue weighted by atomic mass is 9.47. The highest BCUT2D eigenvalue weighted by molar-refractivity contribution is 5.89. The predicted octanol–water partition coefficient (Wildman–Crippen LogP) is 4.69. The first-order chi connectivity index (χ1) is 13.8. The van der Waals surface area contributed by atoms with E-state index >= 15 is 0 Å². The van der Waals surface area contributed by atoms with E-state index in [1.807, 2.05) is 7.05 Å². The number of alkyl halides is 3. The fourth-order valence-electron chi connectivity index (χ4n) is 6.84. The summed E-state index contributed by atoms with van der Waals surface area (Å²) in [5, 5.41) is 2.05. The van der Waals surface area contributed by atoms with Gasteiger partial charge in [0.15, 0.2) is 0 Å². The summed E-state index contributed by atoms with van der Waals surface area (Å²) >= 11 is 0. The molecule has 0 aromatic heterocycles. The van der Waals surface area contributed by atoms with Gasteiger partial charge in [-0.25, -0.2) is 4.79 Å². The Bertz CT molecular complexity index is 763. The van der Waals surface area contributed by atoms with Crippen LogP contribution >= 0.6 is 0 Å². The second-order valence-corrected chi connectivity index (χ2v) is 9.40. The van der Waals surface area contributed by atoms with Gasteiger partial charge in [-0.05, 0) is 80.0 Å². The number of hydroxylamine groups is 2. The van der Waals surface area contributed by atoms with Crippen LogP contribution in [0.1, 0.15) is 54.4 Å². The van der Waals surface area contributed by atoms with Gasteiger partial charge >= 0.3 is 12.1 Å². The first-order valence-electron chi connectivity index (χ1n) is 10.5. The van der Waals surface area contributed by atoms with Crippen molar-refractivity contribution in [2.45, 2.75) is 56.3 Å². The molecule has 158 valence electrons. The lowest BCUT2D eigenvalue weighted by Crippen LogP contribution is -2.62. The number of hydrogen-bond donors (Lipinski definition) is 0. The molecule has 29 heavy (non-hydrogen) atoms. The molecule has 1 aromatic rings. The van der Waals surface area contributed by atoms with E-state index in [0.29, 0.717) is 11.8 Å². The van der Waals surface area contributed by atoms with Gasteiger partial charge in [-0.2, -0.15) is 18.2 Å². The first kappa shape index (κ1) is 19.4. The summed E-state index contributed by atoms with van der Waals surface area (Å²) < 4.78 is 43.4. The number of rotatable bonds is 3. The van der Waals surface area contributed by atoms with Crippen LogP contribution in [-0.2, 0) is 15.8 Å². The number of hydrogen-bond acceptors (Lipinski definition) is 4. The summed E-state index contributed by atoms with van der Waals surface area (Å²) in [6, 6.07) is 4.12. The van der Waals surface area contributed by atoms with E-state index in [9.17, 15) is 18.0 Å². The van der Waals surface area contributed by atoms with E-state index in [4.69, 9.17) is 9.57 Å². The number of ether oxygens (including phenoxy) is 1. The number of carbonyl (C=O) groups is 1. The molecule has 1 spiro atoms. The van der Waals surface area contributed by atoms with Crippen molar-refractivity contribution in [1.82, 2.24) is 5.06 Å². The number of halogens is 3. The summed E-state index contributed by atoms with van der Waals surface area (Å²) in [6.45, 7) is 0.123. The van der Waals surface area contributed by atoms with Crippen LogP contribution in [0.15, 0.2) is 24.3 Å². The largest absolute Gasteiger partial charge is 0.459 e. The summed E-state index contributed by atoms with van der Waals surface area (Å²) in [6.07, 6.45) is 2.74. The predicted molar refractivity (Wildman–Crippen MR) is 98.8 cm³/mol. The van der Waals surface area contributed by atoms with Crippen LogP contribution in [0.25, 0.3) is 0 Å². The van der Waals surface area contributed by atoms with Gasteiger partial charge in [0.25, 0.3) is 0 Å². The molecule has 1 saturated heterocycles. The number of esters is 1. The topological polar surface area (TPSA) is 38.8 Å². The van der Waals surface area contributed by atoms with Crippen molar-refractivity contribution in [3.05, 3.63) is 35.4 Å². The summed E-state index contributed by atoms with van der Waals surface area (Å²) in [4.78, 5) is 18.4. The third-order valence-electron chi connectivity index (χ3n) is 7.85. The Kier molecular flexibility index (Phi) is 4.48. The smallest absolute Gasteiger partial charge is 0.416 e. The highest BCUT2D eigenvalue weighted by Gasteiger charge is 2.62. The minimum absolute atomic E-state index is 0.0544. The molecular formula is C22H26F3NO3. The molecule has 1 heterocycles. The van der Waals surface area contributed by atoms with Gasteiger partial charge in [-0.1, -0.05) is 0 Å². The minimum atomic E-state index is -4.42. The minimum Gasteiger partial charge on any atom is -0.459 e. The van der Waals surface area contributed by atoms with Gasteiger partial charge in [0.05, 0.1) is 16.7 Å². The number of carbonyl (C=O) groups excluding carboxylic acids is 1. The summed E-state index contributed by atoms with van der Waals surface area (Å²) in [5.41, 5.74) is -0.605. The van der Waals surface area contributed by atoms with Crippen LogP contribution < -0.4 is 0 Å². The van der Waals surface area contributed by atoms with Gasteiger partial charge in [0.2, 0.25) is 0 Å². The van der Waals surface area contributed by atoms with Crippen LogP contribution in [0.3, 0.4) is 0 Å². The van der Waals surface area contributed by atoms with E-state index in [0.717, 1.165) is 42.5 Å². The van der Waals surface area contributed by atoms with Crippen molar-refractivity contribution in [1.29, 1.82) is 0 Å². The second-order valence-electron chi connectivity index (χ2n) is 9.40. The van der Waals surface area contributed by atoms with Gasteiger partial charge in [-0.3, -0.25) is 4.84 Å². The van der Waals surface area contributed by atoms with Crippen LogP contribution in [0.5, 0.6) is 0 Å². The third-order valence-corrected chi connectivity index (χ3v) is 7.85. The standard InChI is InChI=1S/C22H26F3NO3/c1-26-21(17-7-13-6-14(9-17)10-18(21)8-13)11-19(29-26)12-28-20(27)15-2-4-16(5-3-15)22(23,24)25/h2-5,13-14,17-19H,6-12H2,1H3. The number of nitrogens with zero attached hydrogens (tertiary/aromatic N) is 1. The van der Waals surface area contributed by atoms with Crippen LogP contribution in [-0.4, -0.2) is 36.3 Å². The quantitative estimate of drug-likeness (QED) is 0.679. The highest BCUT2D eigenvalue weighted by atomic mass is 19.4. The fraction of sp³-hybridized carbons (Fsp3) is 0.682. The Morgan fingerprint density at radius 2 is 1.69 bits per heavy atom. The van der Waals surface area contributed by atoms with Crippen LogP contribution in [0.4, 0.5) is 13.2 Å². The zero-order chi connectivity index (χ0) is 20.4. The Morgan fingerprint density at radius 1 is 1.10 bits per heavy atom. The lowest BCUT2D eigenvalue weighted by Gasteiger charge is -2.61. The normalized spacial score (nSPS) is 38.7. The Morgan fingerprint density at radius 3 is 2.24 bits per heavy atom. The van der Waals surface area contributed by atoms with E-state index in [-0.39, 0.29) is 23.8 Å². The Labute approximate surface area is 168 Å². The fourth-order valence-corrected chi connectivity index (χ4v) is 6.84. The first-order valence-corrected chi connectivity index (χ1v) is 10.5. The Hall–Kier alpha value is -1.60. The van der Waals surface area contributed by atoms with Gasteiger partial charge in [0.1, 0.15) is 12.7 Å². The average molecular weight is 409 g/mol. The van der Waals surface area contributed by atoms with Crippen molar-refractivity contribution in [2.24, 2.45) is 23.7 Å². The molecule has 0 N–H and O–H groups in total. The second kappa shape index (κ2) is 6.71. The molecule has 5 aliphatic rings. The summed E-state index contributed by atoms with van der Waals surface area (Å²) in [5.74, 6) is 2.43. The molecule has 7 heteroatoms. The molecule has 1 aromatic carbocycles. The zero-order valence-electron chi connectivity index (χ0n) is 16.5. The lowest BCUT2D eigenvalue weighted by molar-refractivity contribution is -0.230. The van der Waals surface area contributed by atoms with Crippen molar-refractivity contribution in [2.75, 3.05) is 13.7 Å². The van der Waals surface area contributed by atoms with E-state index in [1.165, 1.54) is 32.1 Å². The van der Waals surface area contributed by atoms with Crippen molar-refractivity contribution >= 4 is 5.97 Å². The summed E-state index contributed by atoms with van der Waals surface area (Å²) in [7, 11) is 2.01. The molecule has 0 amide bonds. The molecule has 6 rings (SSSR count). The Balaban J connectivity index is 1.22. The zero-order valence-corrected chi connectivity index (χ0v) is 16.5. The van der Waals surface area contributed by atoms with Crippen molar-refractivity contribution in [3.63, 3.8) is 0 Å². The number of benzene rings is 1. The van der Waals surface area contributed by atoms with Crippen LogP contribution in [0, 0.1) is 23.7 Å². The average Bonchev–Trinajstić information content (AvgIpc) is 3.00. The molecule has 4 saturated carbocycles. The van der Waals surface area contributed by atoms with Gasteiger partial charge < -0.3 is 4.74 Å². The maximum Gasteiger partial charge on any atom is 0.416 e. The third kappa shape index (κ3) is 3.17. The molecule has 4 bridgehead atoms. The van der Waals surface area contributed by atoms with E-state index < -0.39 is 17.7 Å². The van der Waals surface area contributed by atoms with Gasteiger partial charge in [0, 0.05) is 13.5 Å². The molecule has 4 aliphatic carbocycles.